The van der Waals surface area contributed by atoms with Crippen molar-refractivity contribution in [1.82, 2.24) is 10.6 Å². The Morgan fingerprint density at radius 2 is 2.00 bits per heavy atom. The Morgan fingerprint density at radius 1 is 1.32 bits per heavy atom. The average molecular weight is 284 g/mol. The van der Waals surface area contributed by atoms with Crippen molar-refractivity contribution in [2.45, 2.75) is 45.3 Å². The van der Waals surface area contributed by atoms with Gasteiger partial charge in [0.05, 0.1) is 0 Å². The number of hydrogen-bond acceptors (Lipinski definition) is 3. The van der Waals surface area contributed by atoms with E-state index in [1.54, 1.807) is 0 Å². The first-order valence-corrected chi connectivity index (χ1v) is 6.49. The molecule has 1 amide bonds. The molecule has 0 aromatic heterocycles. The predicted octanol–water partition coefficient (Wildman–Crippen LogP) is 1.85. The number of carbonyl (C=O) groups excluding carboxylic acids is 1. The molecule has 7 heteroatoms. The lowest BCUT2D eigenvalue weighted by molar-refractivity contribution is -0.173. The van der Waals surface area contributed by atoms with Gasteiger partial charge in [0.2, 0.25) is 5.91 Å². The topological polar surface area (TPSA) is 50.4 Å². The minimum atomic E-state index is -4.26. The van der Waals surface area contributed by atoms with Crippen LogP contribution < -0.4 is 10.6 Å². The summed E-state index contributed by atoms with van der Waals surface area (Å²) in [6.07, 6.45) is -2.52. The van der Waals surface area contributed by atoms with Gasteiger partial charge in [-0.2, -0.15) is 13.2 Å². The molecule has 0 saturated heterocycles. The number of rotatable bonds is 10. The second-order valence-corrected chi connectivity index (χ2v) is 4.40. The van der Waals surface area contributed by atoms with Crippen molar-refractivity contribution in [2.24, 2.45) is 0 Å². The molecule has 0 saturated carbocycles. The van der Waals surface area contributed by atoms with Crippen LogP contribution in [-0.2, 0) is 9.53 Å². The zero-order chi connectivity index (χ0) is 14.7. The van der Waals surface area contributed by atoms with E-state index >= 15 is 0 Å². The number of ether oxygens (including phenoxy) is 1. The summed E-state index contributed by atoms with van der Waals surface area (Å²) >= 11 is 0. The fraction of sp³-hybridized carbons (Fsp3) is 0.917. The summed E-state index contributed by atoms with van der Waals surface area (Å²) in [5.41, 5.74) is 0. The summed E-state index contributed by atoms with van der Waals surface area (Å²) < 4.78 is 39.6. The molecule has 0 spiro atoms. The van der Waals surface area contributed by atoms with E-state index in [9.17, 15) is 18.0 Å². The smallest absolute Gasteiger partial charge is 0.372 e. The van der Waals surface area contributed by atoms with Crippen molar-refractivity contribution in [3.63, 3.8) is 0 Å². The number of halogens is 3. The molecule has 0 aliphatic heterocycles. The van der Waals surface area contributed by atoms with E-state index in [-0.39, 0.29) is 18.6 Å². The van der Waals surface area contributed by atoms with Gasteiger partial charge in [-0.05, 0) is 26.3 Å². The fourth-order valence-electron chi connectivity index (χ4n) is 1.26. The zero-order valence-electron chi connectivity index (χ0n) is 11.5. The van der Waals surface area contributed by atoms with E-state index in [2.05, 4.69) is 15.4 Å². The highest BCUT2D eigenvalue weighted by atomic mass is 19.4. The van der Waals surface area contributed by atoms with Gasteiger partial charge >= 0.3 is 6.18 Å². The minimum Gasteiger partial charge on any atom is -0.372 e. The molecule has 4 nitrogen and oxygen atoms in total. The molecule has 114 valence electrons. The van der Waals surface area contributed by atoms with Crippen LogP contribution in [0.5, 0.6) is 0 Å². The third-order valence-electron chi connectivity index (χ3n) is 2.46. The summed E-state index contributed by atoms with van der Waals surface area (Å²) in [5.74, 6) is -0.0184. The minimum absolute atomic E-state index is 0.0184. The Bertz CT molecular complexity index is 248. The number of carbonyl (C=O) groups is 1. The largest absolute Gasteiger partial charge is 0.411 e. The summed E-state index contributed by atoms with van der Waals surface area (Å²) in [6.45, 7) is 3.83. The van der Waals surface area contributed by atoms with E-state index in [0.717, 1.165) is 6.42 Å². The molecule has 0 aromatic carbocycles. The van der Waals surface area contributed by atoms with Gasteiger partial charge in [0.15, 0.2) is 0 Å². The molecular weight excluding hydrogens is 261 g/mol. The Labute approximate surface area is 112 Å². The zero-order valence-corrected chi connectivity index (χ0v) is 11.5. The summed E-state index contributed by atoms with van der Waals surface area (Å²) in [7, 11) is 0. The van der Waals surface area contributed by atoms with Crippen LogP contribution >= 0.6 is 0 Å². The van der Waals surface area contributed by atoms with E-state index in [1.807, 2.05) is 13.8 Å². The van der Waals surface area contributed by atoms with E-state index in [1.165, 1.54) is 0 Å². The van der Waals surface area contributed by atoms with E-state index in [4.69, 9.17) is 0 Å². The van der Waals surface area contributed by atoms with Crippen LogP contribution in [-0.4, -0.2) is 44.4 Å². The quantitative estimate of drug-likeness (QED) is 0.602. The van der Waals surface area contributed by atoms with Crippen molar-refractivity contribution >= 4 is 5.91 Å². The van der Waals surface area contributed by atoms with E-state index < -0.39 is 12.8 Å². The van der Waals surface area contributed by atoms with Crippen LogP contribution in [0.3, 0.4) is 0 Å². The lowest BCUT2D eigenvalue weighted by Gasteiger charge is -2.11. The van der Waals surface area contributed by atoms with Gasteiger partial charge in [-0.25, -0.2) is 0 Å². The van der Waals surface area contributed by atoms with Crippen molar-refractivity contribution in [3.8, 4) is 0 Å². The third-order valence-corrected chi connectivity index (χ3v) is 2.46. The first kappa shape index (κ1) is 18.2. The SMILES string of the molecule is CCC(C)NC(=O)CCNCCCOCC(F)(F)F. The predicted molar refractivity (Wildman–Crippen MR) is 66.9 cm³/mol. The molecule has 0 rings (SSSR count). The Hall–Kier alpha value is -0.820. The van der Waals surface area contributed by atoms with Crippen molar-refractivity contribution < 1.29 is 22.7 Å². The van der Waals surface area contributed by atoms with Crippen LogP contribution in [0.2, 0.25) is 0 Å². The maximum absolute atomic E-state index is 11.7. The van der Waals surface area contributed by atoms with Gasteiger partial charge in [-0.15, -0.1) is 0 Å². The van der Waals surface area contributed by atoms with Gasteiger partial charge in [0.1, 0.15) is 6.61 Å². The molecule has 0 fully saturated rings. The molecule has 0 radical (unpaired) electrons. The molecule has 19 heavy (non-hydrogen) atoms. The molecule has 0 aromatic rings. The van der Waals surface area contributed by atoms with Crippen LogP contribution in [0.1, 0.15) is 33.1 Å². The third kappa shape index (κ3) is 13.4. The van der Waals surface area contributed by atoms with Crippen LogP contribution in [0.25, 0.3) is 0 Å². The van der Waals surface area contributed by atoms with Gasteiger partial charge in [0, 0.05) is 25.6 Å². The van der Waals surface area contributed by atoms with Gasteiger partial charge in [-0.1, -0.05) is 6.92 Å². The normalized spacial score (nSPS) is 13.3. The first-order chi connectivity index (χ1) is 8.85. The molecule has 2 N–H and O–H groups in total. The standard InChI is InChI=1S/C12H23F3N2O2/c1-3-10(2)17-11(18)5-7-16-6-4-8-19-9-12(13,14)15/h10,16H,3-9H2,1-2H3,(H,17,18). The van der Waals surface area contributed by atoms with Gasteiger partial charge < -0.3 is 15.4 Å². The van der Waals surface area contributed by atoms with Crippen molar-refractivity contribution in [1.29, 1.82) is 0 Å². The van der Waals surface area contributed by atoms with E-state index in [0.29, 0.717) is 25.9 Å². The van der Waals surface area contributed by atoms with Gasteiger partial charge in [0.25, 0.3) is 0 Å². The lowest BCUT2D eigenvalue weighted by atomic mass is 10.2. The molecule has 0 heterocycles. The highest BCUT2D eigenvalue weighted by Crippen LogP contribution is 2.14. The lowest BCUT2D eigenvalue weighted by Crippen LogP contribution is -2.34. The maximum atomic E-state index is 11.7. The number of amides is 1. The summed E-state index contributed by atoms with van der Waals surface area (Å²) in [4.78, 5) is 11.4. The van der Waals surface area contributed by atoms with Crippen molar-refractivity contribution in [3.05, 3.63) is 0 Å². The summed E-state index contributed by atoms with van der Waals surface area (Å²) in [5, 5.41) is 5.81. The Kier molecular flexibility index (Phi) is 9.59. The maximum Gasteiger partial charge on any atom is 0.411 e. The molecular formula is C12H23F3N2O2. The molecule has 0 aliphatic rings. The van der Waals surface area contributed by atoms with Gasteiger partial charge in [-0.3, -0.25) is 4.79 Å². The Balaban J connectivity index is 3.29. The molecule has 1 atom stereocenters. The molecule has 0 bridgehead atoms. The van der Waals surface area contributed by atoms with Crippen molar-refractivity contribution in [2.75, 3.05) is 26.3 Å². The van der Waals surface area contributed by atoms with Crippen LogP contribution in [0.4, 0.5) is 13.2 Å². The first-order valence-electron chi connectivity index (χ1n) is 6.49. The molecule has 0 aliphatic carbocycles. The van der Waals surface area contributed by atoms with Crippen LogP contribution in [0, 0.1) is 0 Å². The van der Waals surface area contributed by atoms with Crippen LogP contribution in [0.15, 0.2) is 0 Å². The second-order valence-electron chi connectivity index (χ2n) is 4.40. The number of nitrogens with one attached hydrogen (secondary N) is 2. The number of hydrogen-bond donors (Lipinski definition) is 2. The highest BCUT2D eigenvalue weighted by Gasteiger charge is 2.27. The fourth-order valence-corrected chi connectivity index (χ4v) is 1.26. The highest BCUT2D eigenvalue weighted by molar-refractivity contribution is 5.76. The average Bonchev–Trinajstić information content (AvgIpc) is 2.31. The summed E-state index contributed by atoms with van der Waals surface area (Å²) in [6, 6.07) is 0.170. The number of alkyl halides is 3. The molecule has 1 unspecified atom stereocenters. The Morgan fingerprint density at radius 3 is 2.58 bits per heavy atom. The second kappa shape index (κ2) is 10.0. The monoisotopic (exact) mass is 284 g/mol.